The largest absolute Gasteiger partial charge is 0.465 e. The molecule has 3 aliphatic carbocycles. The third-order valence-electron chi connectivity index (χ3n) is 6.61. The van der Waals surface area contributed by atoms with Crippen molar-refractivity contribution in [1.82, 2.24) is 0 Å². The van der Waals surface area contributed by atoms with Gasteiger partial charge < -0.3 is 4.74 Å². The van der Waals surface area contributed by atoms with Gasteiger partial charge in [-0.05, 0) is 61.3 Å². The maximum absolute atomic E-state index is 12.7. The fraction of sp³-hybridized carbons (Fsp3) is 0.762. The monoisotopic (exact) mass is 340 g/mol. The topological polar surface area (TPSA) is 54.5 Å². The molecule has 0 radical (unpaired) electrons. The van der Waals surface area contributed by atoms with Crippen LogP contribution in [0, 0.1) is 47.5 Å². The van der Waals surface area contributed by atoms with Gasteiger partial charge in [0.25, 0.3) is 5.70 Å². The van der Waals surface area contributed by atoms with Gasteiger partial charge in [-0.2, -0.15) is 0 Å². The molecule has 4 nitrogen and oxygen atoms in total. The summed E-state index contributed by atoms with van der Waals surface area (Å²) in [7, 11) is 0. The molecular weight excluding hydrogens is 312 g/mol. The Balaban J connectivity index is 1.90. The number of hydrogen-bond acceptors (Lipinski definition) is 3. The molecule has 4 heteroatoms. The van der Waals surface area contributed by atoms with E-state index in [1.165, 1.54) is 12.8 Å². The van der Waals surface area contributed by atoms with Gasteiger partial charge in [-0.25, -0.2) is 10.1 Å². The van der Waals surface area contributed by atoms with E-state index in [1.807, 2.05) is 0 Å². The summed E-state index contributed by atoms with van der Waals surface area (Å²) in [5.74, 6) is 1.27. The zero-order chi connectivity index (χ0) is 17.8. The van der Waals surface area contributed by atoms with Crippen molar-refractivity contribution >= 4 is 5.97 Å². The third kappa shape index (κ3) is 3.32. The van der Waals surface area contributed by atoms with Crippen LogP contribution >= 0.6 is 0 Å². The molecule has 0 aliphatic heterocycles. The van der Waals surface area contributed by atoms with E-state index < -0.39 is 0 Å². The predicted molar refractivity (Wildman–Crippen MR) is 94.9 cm³/mol. The van der Waals surface area contributed by atoms with Crippen molar-refractivity contribution in [3.05, 3.63) is 22.7 Å². The summed E-state index contributed by atoms with van der Waals surface area (Å²) in [5.41, 5.74) is 1.41. The Labute approximate surface area is 151 Å². The second kappa shape index (κ2) is 8.05. The SMILES string of the molecule is [C-]#[N+]/C(C#N)=C1\C2CCCCC2C2C(C(=O)OCCCC)CCCC12. The van der Waals surface area contributed by atoms with Gasteiger partial charge in [-0.1, -0.05) is 32.6 Å². The Bertz CT molecular complexity index is 609. The van der Waals surface area contributed by atoms with Gasteiger partial charge in [0, 0.05) is 0 Å². The van der Waals surface area contributed by atoms with Gasteiger partial charge >= 0.3 is 5.97 Å². The minimum atomic E-state index is -0.0376. The Morgan fingerprint density at radius 1 is 1.24 bits per heavy atom. The maximum Gasteiger partial charge on any atom is 0.309 e. The molecule has 5 unspecified atom stereocenters. The number of allylic oxidation sites excluding steroid dienone is 2. The van der Waals surface area contributed by atoms with Gasteiger partial charge in [0.2, 0.25) is 0 Å². The minimum absolute atomic E-state index is 0.0324. The van der Waals surface area contributed by atoms with E-state index in [1.54, 1.807) is 0 Å². The lowest BCUT2D eigenvalue weighted by Crippen LogP contribution is -2.36. The van der Waals surface area contributed by atoms with Crippen molar-refractivity contribution in [1.29, 1.82) is 5.26 Å². The molecule has 3 rings (SSSR count). The maximum atomic E-state index is 12.7. The molecule has 0 aromatic rings. The van der Waals surface area contributed by atoms with Crippen molar-refractivity contribution in [2.45, 2.75) is 64.7 Å². The Morgan fingerprint density at radius 3 is 2.72 bits per heavy atom. The molecule has 0 bridgehead atoms. The lowest BCUT2D eigenvalue weighted by Gasteiger charge is -2.37. The molecule has 0 N–H and O–H groups in total. The molecule has 0 spiro atoms. The predicted octanol–water partition coefficient (Wildman–Crippen LogP) is 4.88. The van der Waals surface area contributed by atoms with Gasteiger partial charge in [0.15, 0.2) is 0 Å². The van der Waals surface area contributed by atoms with E-state index in [-0.39, 0.29) is 23.7 Å². The highest BCUT2D eigenvalue weighted by atomic mass is 16.5. The highest BCUT2D eigenvalue weighted by Crippen LogP contribution is 2.59. The summed E-state index contributed by atoms with van der Waals surface area (Å²) in [6.07, 6.45) is 9.44. The second-order valence-electron chi connectivity index (χ2n) is 7.82. The lowest BCUT2D eigenvalue weighted by molar-refractivity contribution is -0.153. The summed E-state index contributed by atoms with van der Waals surface area (Å²) in [5, 5.41) is 9.47. The Hall–Kier alpha value is -1.81. The van der Waals surface area contributed by atoms with Crippen LogP contribution in [0.3, 0.4) is 0 Å². The number of esters is 1. The number of carbonyl (C=O) groups excluding carboxylic acids is 1. The van der Waals surface area contributed by atoms with E-state index in [4.69, 9.17) is 11.3 Å². The van der Waals surface area contributed by atoms with Crippen LogP contribution < -0.4 is 0 Å². The average Bonchev–Trinajstić information content (AvgIpc) is 2.98. The van der Waals surface area contributed by atoms with E-state index in [2.05, 4.69) is 17.8 Å². The van der Waals surface area contributed by atoms with Crippen LogP contribution in [-0.2, 0) is 9.53 Å². The quantitative estimate of drug-likeness (QED) is 0.317. The van der Waals surface area contributed by atoms with Crippen molar-refractivity contribution in [2.75, 3.05) is 6.61 Å². The molecule has 5 atom stereocenters. The van der Waals surface area contributed by atoms with E-state index >= 15 is 0 Å². The molecule has 0 heterocycles. The first-order chi connectivity index (χ1) is 12.2. The zero-order valence-electron chi connectivity index (χ0n) is 15.2. The first-order valence-electron chi connectivity index (χ1n) is 9.91. The number of fused-ring (bicyclic) bond motifs is 3. The van der Waals surface area contributed by atoms with E-state index in [0.29, 0.717) is 24.1 Å². The molecule has 25 heavy (non-hydrogen) atoms. The van der Waals surface area contributed by atoms with Crippen molar-refractivity contribution in [3.63, 3.8) is 0 Å². The third-order valence-corrected chi connectivity index (χ3v) is 6.61. The minimum Gasteiger partial charge on any atom is -0.465 e. The van der Waals surface area contributed by atoms with Crippen LogP contribution in [0.15, 0.2) is 11.3 Å². The van der Waals surface area contributed by atoms with Crippen LogP contribution in [0.1, 0.15) is 64.7 Å². The number of hydrogen-bond donors (Lipinski definition) is 0. The molecule has 0 saturated heterocycles. The number of nitrogens with zero attached hydrogens (tertiary/aromatic N) is 2. The first-order valence-corrected chi connectivity index (χ1v) is 9.91. The molecule has 3 aliphatic rings. The normalized spacial score (nSPS) is 35.7. The zero-order valence-corrected chi connectivity index (χ0v) is 15.2. The summed E-state index contributed by atoms with van der Waals surface area (Å²) in [6.45, 7) is 10.1. The summed E-state index contributed by atoms with van der Waals surface area (Å²) in [6, 6.07) is 2.15. The Kier molecular flexibility index (Phi) is 5.79. The van der Waals surface area contributed by atoms with Gasteiger partial charge in [0.05, 0.1) is 25.2 Å². The highest BCUT2D eigenvalue weighted by molar-refractivity contribution is 5.73. The van der Waals surface area contributed by atoms with E-state index in [9.17, 15) is 10.1 Å². The smallest absolute Gasteiger partial charge is 0.309 e. The second-order valence-corrected chi connectivity index (χ2v) is 7.82. The lowest BCUT2D eigenvalue weighted by atomic mass is 9.68. The van der Waals surface area contributed by atoms with Crippen LogP contribution in [0.4, 0.5) is 0 Å². The Morgan fingerprint density at radius 2 is 2.00 bits per heavy atom. The number of rotatable bonds is 4. The van der Waals surface area contributed by atoms with Crippen molar-refractivity contribution in [3.8, 4) is 6.07 Å². The summed E-state index contributed by atoms with van der Waals surface area (Å²) < 4.78 is 5.58. The molecule has 0 aromatic heterocycles. The van der Waals surface area contributed by atoms with Crippen LogP contribution in [0.25, 0.3) is 4.85 Å². The summed E-state index contributed by atoms with van der Waals surface area (Å²) >= 11 is 0. The molecule has 3 saturated carbocycles. The van der Waals surface area contributed by atoms with Gasteiger partial charge in [-0.3, -0.25) is 4.79 Å². The number of carbonyl (C=O) groups is 1. The molecule has 0 amide bonds. The van der Waals surface area contributed by atoms with Gasteiger partial charge in [-0.15, -0.1) is 0 Å². The molecular formula is C21H28N2O2. The molecule has 0 aromatic carbocycles. The summed E-state index contributed by atoms with van der Waals surface area (Å²) in [4.78, 5) is 16.3. The number of unbranched alkanes of at least 4 members (excludes halogenated alkanes) is 1. The first kappa shape index (κ1) is 18.0. The molecule has 3 fully saturated rings. The van der Waals surface area contributed by atoms with Crippen LogP contribution in [0.5, 0.6) is 0 Å². The van der Waals surface area contributed by atoms with Crippen molar-refractivity contribution < 1.29 is 9.53 Å². The average molecular weight is 340 g/mol. The number of nitriles is 1. The highest BCUT2D eigenvalue weighted by Gasteiger charge is 2.54. The van der Waals surface area contributed by atoms with Crippen molar-refractivity contribution in [2.24, 2.45) is 29.6 Å². The number of ether oxygens (including phenoxy) is 1. The molecule has 134 valence electrons. The van der Waals surface area contributed by atoms with E-state index in [0.717, 1.165) is 50.5 Å². The fourth-order valence-corrected chi connectivity index (χ4v) is 5.67. The van der Waals surface area contributed by atoms with Crippen LogP contribution in [-0.4, -0.2) is 12.6 Å². The van der Waals surface area contributed by atoms with Gasteiger partial charge in [0.1, 0.15) is 0 Å². The fourth-order valence-electron chi connectivity index (χ4n) is 5.67. The standard InChI is InChI=1S/C21H28N2O2/c1-3-4-12-25-21(24)17-11-7-10-16-19(17)14-8-5-6-9-15(14)20(16)18(13-22)23-2/h14-17,19H,3-12H2,1H3/b20-18+. The van der Waals surface area contributed by atoms with Crippen LogP contribution in [0.2, 0.25) is 0 Å².